The van der Waals surface area contributed by atoms with Crippen LogP contribution in [-0.4, -0.2) is 21.8 Å². The van der Waals surface area contributed by atoms with E-state index in [0.717, 1.165) is 5.56 Å². The molecule has 1 N–H and O–H groups in total. The smallest absolute Gasteiger partial charge is 0.387 e. The molecule has 1 heterocycles. The van der Waals surface area contributed by atoms with Gasteiger partial charge in [0, 0.05) is 11.1 Å². The zero-order chi connectivity index (χ0) is 14.7. The molecule has 0 bridgehead atoms. The normalized spacial score (nSPS) is 10.8. The zero-order valence-electron chi connectivity index (χ0n) is 10.8. The second-order valence-electron chi connectivity index (χ2n) is 4.28. The minimum atomic E-state index is -2.85. The van der Waals surface area contributed by atoms with Crippen molar-refractivity contribution >= 4 is 0 Å². The van der Waals surface area contributed by atoms with Gasteiger partial charge in [-0.25, -0.2) is 4.98 Å². The van der Waals surface area contributed by atoms with Gasteiger partial charge >= 0.3 is 6.61 Å². The molecule has 0 fully saturated rings. The average molecular weight is 287 g/mol. The summed E-state index contributed by atoms with van der Waals surface area (Å²) in [5, 5.41) is 6.93. The molecule has 0 radical (unpaired) electrons. The van der Waals surface area contributed by atoms with Crippen LogP contribution < -0.4 is 4.74 Å². The molecule has 0 saturated heterocycles. The number of nitrogens with zero attached hydrogens (tertiary/aromatic N) is 2. The summed E-state index contributed by atoms with van der Waals surface area (Å²) in [6, 6.07) is 15.8. The molecule has 1 aromatic heterocycles. The molecule has 4 nitrogen and oxygen atoms in total. The summed E-state index contributed by atoms with van der Waals surface area (Å²) in [6.45, 7) is -2.85. The number of ether oxygens (including phenoxy) is 1. The standard InChI is InChI=1S/C15H11F2N3O/c16-15(17)21-12-8-4-7-11(9-12)14-18-13(19-20-14)10-5-2-1-3-6-10/h1-9,15H,(H,18,19,20). The summed E-state index contributed by atoms with van der Waals surface area (Å²) in [5.41, 5.74) is 1.50. The van der Waals surface area contributed by atoms with E-state index in [1.807, 2.05) is 30.3 Å². The maximum atomic E-state index is 12.2. The van der Waals surface area contributed by atoms with Gasteiger partial charge in [-0.2, -0.15) is 13.9 Å². The molecule has 0 amide bonds. The van der Waals surface area contributed by atoms with Crippen LogP contribution in [0.1, 0.15) is 0 Å². The van der Waals surface area contributed by atoms with Gasteiger partial charge in [-0.3, -0.25) is 5.10 Å². The molecule has 0 aliphatic rings. The number of benzene rings is 2. The van der Waals surface area contributed by atoms with E-state index in [1.54, 1.807) is 12.1 Å². The van der Waals surface area contributed by atoms with Gasteiger partial charge in [-0.1, -0.05) is 42.5 Å². The summed E-state index contributed by atoms with van der Waals surface area (Å²) >= 11 is 0. The van der Waals surface area contributed by atoms with E-state index in [1.165, 1.54) is 12.1 Å². The second-order valence-corrected chi connectivity index (χ2v) is 4.28. The predicted octanol–water partition coefficient (Wildman–Crippen LogP) is 3.74. The fourth-order valence-electron chi connectivity index (χ4n) is 1.93. The van der Waals surface area contributed by atoms with Crippen molar-refractivity contribution < 1.29 is 13.5 Å². The minimum Gasteiger partial charge on any atom is -0.435 e. The number of rotatable bonds is 4. The highest BCUT2D eigenvalue weighted by Gasteiger charge is 2.10. The van der Waals surface area contributed by atoms with Crippen LogP contribution in [0.3, 0.4) is 0 Å². The topological polar surface area (TPSA) is 50.8 Å². The fourth-order valence-corrected chi connectivity index (χ4v) is 1.93. The highest BCUT2D eigenvalue weighted by atomic mass is 19.3. The SMILES string of the molecule is FC(F)Oc1cccc(-c2n[nH]c(-c3ccccc3)n2)c1. The molecular weight excluding hydrogens is 276 g/mol. The Kier molecular flexibility index (Phi) is 3.59. The lowest BCUT2D eigenvalue weighted by molar-refractivity contribution is -0.0498. The lowest BCUT2D eigenvalue weighted by Crippen LogP contribution is -2.01. The number of aromatic amines is 1. The van der Waals surface area contributed by atoms with Gasteiger partial charge in [0.1, 0.15) is 5.75 Å². The average Bonchev–Trinajstić information content (AvgIpc) is 2.98. The Morgan fingerprint density at radius 2 is 1.71 bits per heavy atom. The Labute approximate surface area is 119 Å². The van der Waals surface area contributed by atoms with Crippen molar-refractivity contribution in [1.82, 2.24) is 15.2 Å². The van der Waals surface area contributed by atoms with Gasteiger partial charge in [0.15, 0.2) is 11.6 Å². The maximum Gasteiger partial charge on any atom is 0.387 e. The first kappa shape index (κ1) is 13.2. The van der Waals surface area contributed by atoms with Gasteiger partial charge in [-0.05, 0) is 12.1 Å². The Morgan fingerprint density at radius 3 is 2.48 bits per heavy atom. The molecule has 3 rings (SSSR count). The van der Waals surface area contributed by atoms with E-state index < -0.39 is 6.61 Å². The number of aromatic nitrogens is 3. The van der Waals surface area contributed by atoms with E-state index in [9.17, 15) is 8.78 Å². The van der Waals surface area contributed by atoms with E-state index >= 15 is 0 Å². The largest absolute Gasteiger partial charge is 0.435 e. The van der Waals surface area contributed by atoms with Crippen molar-refractivity contribution in [1.29, 1.82) is 0 Å². The molecule has 0 aliphatic carbocycles. The molecule has 21 heavy (non-hydrogen) atoms. The van der Waals surface area contributed by atoms with Crippen molar-refractivity contribution in [2.45, 2.75) is 6.61 Å². The van der Waals surface area contributed by atoms with Crippen LogP contribution in [0.4, 0.5) is 8.78 Å². The van der Waals surface area contributed by atoms with Crippen LogP contribution in [0.25, 0.3) is 22.8 Å². The number of nitrogens with one attached hydrogen (secondary N) is 1. The van der Waals surface area contributed by atoms with Crippen LogP contribution in [0, 0.1) is 0 Å². The Bertz CT molecular complexity index is 729. The number of hydrogen-bond acceptors (Lipinski definition) is 3. The van der Waals surface area contributed by atoms with Crippen LogP contribution in [-0.2, 0) is 0 Å². The van der Waals surface area contributed by atoms with Crippen molar-refractivity contribution in [2.75, 3.05) is 0 Å². The van der Waals surface area contributed by atoms with E-state index in [0.29, 0.717) is 17.2 Å². The molecule has 0 spiro atoms. The van der Waals surface area contributed by atoms with Gasteiger partial charge in [0.2, 0.25) is 0 Å². The summed E-state index contributed by atoms with van der Waals surface area (Å²) in [7, 11) is 0. The van der Waals surface area contributed by atoms with E-state index in [-0.39, 0.29) is 5.75 Å². The van der Waals surface area contributed by atoms with Crippen molar-refractivity contribution in [2.24, 2.45) is 0 Å². The first-order valence-electron chi connectivity index (χ1n) is 6.25. The Balaban J connectivity index is 1.90. The molecule has 0 unspecified atom stereocenters. The van der Waals surface area contributed by atoms with Crippen LogP contribution in [0.15, 0.2) is 54.6 Å². The monoisotopic (exact) mass is 287 g/mol. The first-order chi connectivity index (χ1) is 10.2. The van der Waals surface area contributed by atoms with Crippen LogP contribution in [0.5, 0.6) is 5.75 Å². The second kappa shape index (κ2) is 5.70. The predicted molar refractivity (Wildman–Crippen MR) is 73.9 cm³/mol. The summed E-state index contributed by atoms with van der Waals surface area (Å²) in [6.07, 6.45) is 0. The summed E-state index contributed by atoms with van der Waals surface area (Å²) in [5.74, 6) is 1.12. The highest BCUT2D eigenvalue weighted by Crippen LogP contribution is 2.24. The third kappa shape index (κ3) is 3.05. The third-order valence-corrected chi connectivity index (χ3v) is 2.85. The number of H-pyrrole nitrogens is 1. The lowest BCUT2D eigenvalue weighted by Gasteiger charge is -2.04. The molecule has 3 aromatic rings. The fraction of sp³-hybridized carbons (Fsp3) is 0.0667. The molecule has 0 atom stereocenters. The third-order valence-electron chi connectivity index (χ3n) is 2.85. The number of halogens is 2. The Hall–Kier alpha value is -2.76. The zero-order valence-corrected chi connectivity index (χ0v) is 10.8. The molecule has 106 valence electrons. The molecule has 0 aliphatic heterocycles. The van der Waals surface area contributed by atoms with Crippen molar-refractivity contribution in [3.05, 3.63) is 54.6 Å². The van der Waals surface area contributed by atoms with Crippen LogP contribution >= 0.6 is 0 Å². The van der Waals surface area contributed by atoms with Crippen molar-refractivity contribution in [3.8, 4) is 28.5 Å². The van der Waals surface area contributed by atoms with Gasteiger partial charge in [-0.15, -0.1) is 0 Å². The molecule has 6 heteroatoms. The molecular formula is C15H11F2N3O. The summed E-state index contributed by atoms with van der Waals surface area (Å²) in [4.78, 5) is 4.36. The van der Waals surface area contributed by atoms with Gasteiger partial charge in [0.05, 0.1) is 0 Å². The van der Waals surface area contributed by atoms with Crippen LogP contribution in [0.2, 0.25) is 0 Å². The molecule has 2 aromatic carbocycles. The minimum absolute atomic E-state index is 0.0774. The van der Waals surface area contributed by atoms with Gasteiger partial charge in [0.25, 0.3) is 0 Å². The summed E-state index contributed by atoms with van der Waals surface area (Å²) < 4.78 is 28.8. The number of hydrogen-bond donors (Lipinski definition) is 1. The number of alkyl halides is 2. The molecule has 0 saturated carbocycles. The Morgan fingerprint density at radius 1 is 0.952 bits per heavy atom. The van der Waals surface area contributed by atoms with Crippen molar-refractivity contribution in [3.63, 3.8) is 0 Å². The lowest BCUT2D eigenvalue weighted by atomic mass is 10.2. The van der Waals surface area contributed by atoms with E-state index in [2.05, 4.69) is 19.9 Å². The maximum absolute atomic E-state index is 12.2. The first-order valence-corrected chi connectivity index (χ1v) is 6.25. The highest BCUT2D eigenvalue weighted by molar-refractivity contribution is 5.62. The van der Waals surface area contributed by atoms with Gasteiger partial charge < -0.3 is 4.74 Å². The van der Waals surface area contributed by atoms with E-state index in [4.69, 9.17) is 0 Å². The quantitative estimate of drug-likeness (QED) is 0.795.